The number of hydrogen-bond acceptors (Lipinski definition) is 8. The number of hydrogen-bond donors (Lipinski definition) is 5. The highest BCUT2D eigenvalue weighted by Gasteiger charge is 2.33. The van der Waals surface area contributed by atoms with Crippen molar-refractivity contribution in [3.05, 3.63) is 71.8 Å². The van der Waals surface area contributed by atoms with Gasteiger partial charge in [0.2, 0.25) is 17.7 Å². The van der Waals surface area contributed by atoms with Gasteiger partial charge in [0.25, 0.3) is 0 Å². The Bertz CT molecular complexity index is 1310. The van der Waals surface area contributed by atoms with Crippen LogP contribution in [0.1, 0.15) is 59.1 Å². The highest BCUT2D eigenvalue weighted by Crippen LogP contribution is 2.16. The summed E-state index contributed by atoms with van der Waals surface area (Å²) in [6.07, 6.45) is -1.70. The van der Waals surface area contributed by atoms with Gasteiger partial charge in [0.05, 0.1) is 19.3 Å². The maximum absolute atomic E-state index is 13.3. The number of amides is 4. The van der Waals surface area contributed by atoms with E-state index in [1.807, 2.05) is 60.7 Å². The number of carbonyl (C=O) groups excluding carboxylic acids is 5. The van der Waals surface area contributed by atoms with E-state index in [0.29, 0.717) is 0 Å². The second-order valence-corrected chi connectivity index (χ2v) is 12.4. The van der Waals surface area contributed by atoms with Crippen molar-refractivity contribution in [2.24, 2.45) is 17.8 Å². The summed E-state index contributed by atoms with van der Waals surface area (Å²) in [5.74, 6) is -3.42. The average molecular weight is 655 g/mol. The van der Waals surface area contributed by atoms with Crippen LogP contribution in [0.2, 0.25) is 0 Å². The fourth-order valence-electron chi connectivity index (χ4n) is 4.80. The van der Waals surface area contributed by atoms with E-state index in [-0.39, 0.29) is 31.3 Å². The van der Waals surface area contributed by atoms with Crippen LogP contribution in [0.25, 0.3) is 0 Å². The van der Waals surface area contributed by atoms with Crippen molar-refractivity contribution in [2.75, 3.05) is 7.11 Å². The van der Waals surface area contributed by atoms with Gasteiger partial charge in [-0.1, -0.05) is 95.3 Å². The maximum atomic E-state index is 13.3. The van der Waals surface area contributed by atoms with Gasteiger partial charge in [0, 0.05) is 5.92 Å². The van der Waals surface area contributed by atoms with Gasteiger partial charge in [0.15, 0.2) is 0 Å². The normalized spacial score (nSPS) is 14.9. The lowest BCUT2D eigenvalue weighted by Crippen LogP contribution is -2.56. The molecule has 6 atom stereocenters. The molecule has 2 aromatic carbocycles. The molecule has 0 aliphatic rings. The summed E-state index contributed by atoms with van der Waals surface area (Å²) in [4.78, 5) is 64.0. The number of carbonyl (C=O) groups is 5. The Morgan fingerprint density at radius 2 is 1.21 bits per heavy atom. The van der Waals surface area contributed by atoms with Crippen molar-refractivity contribution < 1.29 is 38.6 Å². The Balaban J connectivity index is 2.07. The summed E-state index contributed by atoms with van der Waals surface area (Å²) in [5.41, 5.74) is 1.64. The SMILES string of the molecule is COC(=O)C(NC(=O)C(NC(=O)[C@H](C)C[C@H](O)C(Cc1ccccc1)NC(=O)C(C)NC(=O)OCc1ccccc1)C(C)C)C(C)C. The van der Waals surface area contributed by atoms with Crippen LogP contribution >= 0.6 is 0 Å². The fourth-order valence-corrected chi connectivity index (χ4v) is 4.80. The quantitative estimate of drug-likeness (QED) is 0.162. The van der Waals surface area contributed by atoms with E-state index < -0.39 is 66.0 Å². The van der Waals surface area contributed by atoms with Crippen LogP contribution in [0.5, 0.6) is 0 Å². The Labute approximate surface area is 277 Å². The average Bonchev–Trinajstić information content (AvgIpc) is 3.04. The number of rotatable bonds is 17. The minimum Gasteiger partial charge on any atom is -0.467 e. The molecule has 258 valence electrons. The molecule has 12 nitrogen and oxygen atoms in total. The molecule has 4 unspecified atom stereocenters. The minimum absolute atomic E-state index is 0.0340. The topological polar surface area (TPSA) is 172 Å². The molecule has 2 rings (SSSR count). The van der Waals surface area contributed by atoms with Gasteiger partial charge in [-0.25, -0.2) is 9.59 Å². The first-order valence-corrected chi connectivity index (χ1v) is 15.9. The highest BCUT2D eigenvalue weighted by atomic mass is 16.5. The molecular weight excluding hydrogens is 604 g/mol. The molecule has 0 radical (unpaired) electrons. The first-order chi connectivity index (χ1) is 22.2. The smallest absolute Gasteiger partial charge is 0.408 e. The summed E-state index contributed by atoms with van der Waals surface area (Å²) in [6.45, 7) is 10.2. The van der Waals surface area contributed by atoms with Crippen molar-refractivity contribution in [3.8, 4) is 0 Å². The third-order valence-corrected chi connectivity index (χ3v) is 7.74. The van der Waals surface area contributed by atoms with Crippen LogP contribution in [0.4, 0.5) is 4.79 Å². The van der Waals surface area contributed by atoms with Crippen LogP contribution in [0, 0.1) is 17.8 Å². The van der Waals surface area contributed by atoms with Gasteiger partial charge in [-0.05, 0) is 42.7 Å². The second-order valence-electron chi connectivity index (χ2n) is 12.4. The van der Waals surface area contributed by atoms with Gasteiger partial charge >= 0.3 is 12.1 Å². The molecule has 5 N–H and O–H groups in total. The van der Waals surface area contributed by atoms with E-state index in [9.17, 15) is 29.1 Å². The number of esters is 1. The number of aliphatic hydroxyl groups is 1. The van der Waals surface area contributed by atoms with E-state index in [4.69, 9.17) is 9.47 Å². The van der Waals surface area contributed by atoms with E-state index >= 15 is 0 Å². The van der Waals surface area contributed by atoms with Gasteiger partial charge in [-0.3, -0.25) is 14.4 Å². The van der Waals surface area contributed by atoms with E-state index in [1.165, 1.54) is 14.0 Å². The van der Waals surface area contributed by atoms with E-state index in [2.05, 4.69) is 21.3 Å². The number of aliphatic hydroxyl groups excluding tert-OH is 1. The first-order valence-electron chi connectivity index (χ1n) is 15.9. The molecule has 2 aromatic rings. The number of alkyl carbamates (subject to hydrolysis) is 1. The van der Waals surface area contributed by atoms with Crippen molar-refractivity contribution in [3.63, 3.8) is 0 Å². The first kappa shape index (κ1) is 38.7. The molecule has 0 heterocycles. The zero-order chi connectivity index (χ0) is 35.1. The van der Waals surface area contributed by atoms with Crippen molar-refractivity contribution in [2.45, 2.75) is 91.3 Å². The summed E-state index contributed by atoms with van der Waals surface area (Å²) in [6, 6.07) is 14.8. The number of ether oxygens (including phenoxy) is 2. The predicted octanol–water partition coefficient (Wildman–Crippen LogP) is 2.87. The Morgan fingerprint density at radius 1 is 0.681 bits per heavy atom. The molecule has 0 fully saturated rings. The molecule has 0 spiro atoms. The monoisotopic (exact) mass is 654 g/mol. The van der Waals surface area contributed by atoms with Crippen LogP contribution in [-0.2, 0) is 41.7 Å². The molecule has 12 heteroatoms. The lowest BCUT2D eigenvalue weighted by atomic mass is 9.92. The summed E-state index contributed by atoms with van der Waals surface area (Å²) < 4.78 is 10.0. The highest BCUT2D eigenvalue weighted by molar-refractivity contribution is 5.91. The lowest BCUT2D eigenvalue weighted by molar-refractivity contribution is -0.147. The molecule has 0 bridgehead atoms. The molecule has 47 heavy (non-hydrogen) atoms. The Morgan fingerprint density at radius 3 is 1.74 bits per heavy atom. The molecule has 0 aromatic heterocycles. The van der Waals surface area contributed by atoms with Crippen molar-refractivity contribution in [1.82, 2.24) is 21.3 Å². The zero-order valence-corrected chi connectivity index (χ0v) is 28.3. The second kappa shape index (κ2) is 19.3. The minimum atomic E-state index is -1.16. The zero-order valence-electron chi connectivity index (χ0n) is 28.3. The summed E-state index contributed by atoms with van der Waals surface area (Å²) in [5, 5.41) is 22.0. The number of methoxy groups -OCH3 is 1. The molecular formula is C35H50N4O8. The predicted molar refractivity (Wildman–Crippen MR) is 177 cm³/mol. The van der Waals surface area contributed by atoms with Crippen LogP contribution in [-0.4, -0.2) is 72.3 Å². The fraction of sp³-hybridized carbons (Fsp3) is 0.514. The molecule has 0 saturated heterocycles. The Kier molecular flexibility index (Phi) is 15.9. The third kappa shape index (κ3) is 13.1. The van der Waals surface area contributed by atoms with E-state index in [0.717, 1.165) is 11.1 Å². The molecule has 4 amide bonds. The number of benzene rings is 2. The number of nitrogens with one attached hydrogen (secondary N) is 4. The Hall–Kier alpha value is -4.45. The standard InChI is InChI=1S/C35H50N4O8/c1-21(2)29(33(43)39-30(22(3)4)34(44)46-7)38-31(41)23(5)18-28(40)27(19-25-14-10-8-11-15-25)37-32(42)24(6)36-35(45)47-20-26-16-12-9-13-17-26/h8-17,21-24,27-30,40H,18-20H2,1-7H3,(H,36,45)(H,37,42)(H,38,41)(H,39,43)/t23-,24?,27?,28+,29?,30?/m1/s1. The summed E-state index contributed by atoms with van der Waals surface area (Å²) >= 11 is 0. The molecule has 0 saturated carbocycles. The lowest BCUT2D eigenvalue weighted by Gasteiger charge is -2.29. The van der Waals surface area contributed by atoms with Gasteiger partial charge < -0.3 is 35.8 Å². The van der Waals surface area contributed by atoms with E-state index in [1.54, 1.807) is 34.6 Å². The van der Waals surface area contributed by atoms with Crippen LogP contribution in [0.3, 0.4) is 0 Å². The summed E-state index contributed by atoms with van der Waals surface area (Å²) in [7, 11) is 1.24. The van der Waals surface area contributed by atoms with Crippen LogP contribution < -0.4 is 21.3 Å². The van der Waals surface area contributed by atoms with Crippen LogP contribution in [0.15, 0.2) is 60.7 Å². The largest absolute Gasteiger partial charge is 0.467 e. The van der Waals surface area contributed by atoms with Gasteiger partial charge in [0.1, 0.15) is 24.7 Å². The molecule has 0 aliphatic heterocycles. The maximum Gasteiger partial charge on any atom is 0.408 e. The van der Waals surface area contributed by atoms with Gasteiger partial charge in [-0.15, -0.1) is 0 Å². The van der Waals surface area contributed by atoms with Crippen molar-refractivity contribution in [1.29, 1.82) is 0 Å². The van der Waals surface area contributed by atoms with Gasteiger partial charge in [-0.2, -0.15) is 0 Å². The van der Waals surface area contributed by atoms with Crippen molar-refractivity contribution >= 4 is 29.8 Å². The third-order valence-electron chi connectivity index (χ3n) is 7.74. The molecule has 0 aliphatic carbocycles.